The van der Waals surface area contributed by atoms with Gasteiger partial charge < -0.3 is 10.1 Å². The number of nitrogens with zero attached hydrogens (tertiary/aromatic N) is 1. The van der Waals surface area contributed by atoms with Gasteiger partial charge in [0, 0.05) is 10.2 Å². The smallest absolute Gasteiger partial charge is 0.339 e. The third-order valence-electron chi connectivity index (χ3n) is 2.80. The van der Waals surface area contributed by atoms with Crippen molar-refractivity contribution in [2.75, 3.05) is 11.9 Å². The highest BCUT2D eigenvalue weighted by Crippen LogP contribution is 2.20. The zero-order valence-corrected chi connectivity index (χ0v) is 14.0. The molecule has 0 unspecified atom stereocenters. The Morgan fingerprint density at radius 3 is 2.65 bits per heavy atom. The number of ether oxygens (including phenoxy) is 1. The molecule has 0 saturated heterocycles. The second kappa shape index (κ2) is 7.77. The Balaban J connectivity index is 1.93. The van der Waals surface area contributed by atoms with E-state index in [0.29, 0.717) is 21.3 Å². The minimum atomic E-state index is -0.606. The van der Waals surface area contributed by atoms with Gasteiger partial charge in [-0.05, 0) is 46.3 Å². The number of anilines is 1. The number of carbonyl (C=O) groups excluding carboxylic acids is 2. The van der Waals surface area contributed by atoms with Crippen molar-refractivity contribution in [3.8, 4) is 6.07 Å². The van der Waals surface area contributed by atoms with Gasteiger partial charge in [-0.2, -0.15) is 5.26 Å². The molecule has 2 rings (SSSR count). The zero-order chi connectivity index (χ0) is 16.8. The molecule has 0 heterocycles. The van der Waals surface area contributed by atoms with E-state index in [4.69, 9.17) is 21.6 Å². The van der Waals surface area contributed by atoms with E-state index in [-0.39, 0.29) is 5.02 Å². The van der Waals surface area contributed by atoms with E-state index in [1.807, 2.05) is 6.07 Å². The van der Waals surface area contributed by atoms with Crippen LogP contribution in [0.4, 0.5) is 5.69 Å². The van der Waals surface area contributed by atoms with Crippen molar-refractivity contribution in [1.29, 1.82) is 5.26 Å². The highest BCUT2D eigenvalue weighted by Gasteiger charge is 2.13. The molecule has 116 valence electrons. The first-order valence-electron chi connectivity index (χ1n) is 6.42. The molecule has 7 heteroatoms. The molecule has 0 fully saturated rings. The van der Waals surface area contributed by atoms with Crippen LogP contribution < -0.4 is 5.32 Å². The van der Waals surface area contributed by atoms with Crippen molar-refractivity contribution in [3.05, 3.63) is 63.1 Å². The Labute approximate surface area is 145 Å². The number of benzene rings is 2. The van der Waals surface area contributed by atoms with Crippen LogP contribution in [-0.4, -0.2) is 18.5 Å². The van der Waals surface area contributed by atoms with Gasteiger partial charge in [0.05, 0.1) is 16.1 Å². The van der Waals surface area contributed by atoms with Crippen LogP contribution >= 0.6 is 27.5 Å². The van der Waals surface area contributed by atoms with Gasteiger partial charge in [0.15, 0.2) is 6.61 Å². The number of esters is 1. The van der Waals surface area contributed by atoms with Crippen molar-refractivity contribution in [3.63, 3.8) is 0 Å². The Bertz CT molecular complexity index is 802. The zero-order valence-electron chi connectivity index (χ0n) is 11.7. The summed E-state index contributed by atoms with van der Waals surface area (Å²) in [6.07, 6.45) is 0. The summed E-state index contributed by atoms with van der Waals surface area (Å²) in [5.74, 6) is -1.11. The Kier molecular flexibility index (Phi) is 5.74. The first-order chi connectivity index (χ1) is 11.0. The third-order valence-corrected chi connectivity index (χ3v) is 3.81. The minimum Gasteiger partial charge on any atom is -0.452 e. The lowest BCUT2D eigenvalue weighted by atomic mass is 10.2. The van der Waals surface area contributed by atoms with Gasteiger partial charge in [-0.25, -0.2) is 4.79 Å². The van der Waals surface area contributed by atoms with Gasteiger partial charge in [-0.15, -0.1) is 0 Å². The largest absolute Gasteiger partial charge is 0.452 e. The molecular weight excluding hydrogens is 384 g/mol. The number of amides is 1. The number of hydrogen-bond acceptors (Lipinski definition) is 4. The van der Waals surface area contributed by atoms with Gasteiger partial charge in [-0.1, -0.05) is 23.7 Å². The third kappa shape index (κ3) is 4.55. The topological polar surface area (TPSA) is 79.2 Å². The van der Waals surface area contributed by atoms with Crippen molar-refractivity contribution >= 4 is 45.1 Å². The molecule has 1 amide bonds. The standard InChI is InChI=1S/C16H10BrClN2O3/c17-13-4-2-1-3-12(13)16(22)23-9-15(21)20-11-6-5-10(8-19)14(18)7-11/h1-7H,9H2,(H,20,21). The summed E-state index contributed by atoms with van der Waals surface area (Å²) in [7, 11) is 0. The summed E-state index contributed by atoms with van der Waals surface area (Å²) >= 11 is 9.11. The average molecular weight is 394 g/mol. The van der Waals surface area contributed by atoms with E-state index in [1.165, 1.54) is 18.2 Å². The fraction of sp³-hybridized carbons (Fsp3) is 0.0625. The molecule has 0 aliphatic rings. The van der Waals surface area contributed by atoms with E-state index in [9.17, 15) is 9.59 Å². The van der Waals surface area contributed by atoms with Gasteiger partial charge >= 0.3 is 5.97 Å². The lowest BCUT2D eigenvalue weighted by Gasteiger charge is -2.08. The number of hydrogen-bond donors (Lipinski definition) is 1. The molecule has 5 nitrogen and oxygen atoms in total. The first kappa shape index (κ1) is 17.0. The van der Waals surface area contributed by atoms with Crippen molar-refractivity contribution in [2.24, 2.45) is 0 Å². The summed E-state index contributed by atoms with van der Waals surface area (Å²) in [6.45, 7) is -0.433. The predicted molar refractivity (Wildman–Crippen MR) is 89.2 cm³/mol. The highest BCUT2D eigenvalue weighted by molar-refractivity contribution is 9.10. The summed E-state index contributed by atoms with van der Waals surface area (Å²) in [4.78, 5) is 23.7. The van der Waals surface area contributed by atoms with Crippen molar-refractivity contribution in [1.82, 2.24) is 0 Å². The molecule has 2 aromatic carbocycles. The van der Waals surface area contributed by atoms with Gasteiger partial charge in [0.25, 0.3) is 5.91 Å². The Hall–Kier alpha value is -2.36. The summed E-state index contributed by atoms with van der Waals surface area (Å²) < 4.78 is 5.54. The molecule has 0 spiro atoms. The lowest BCUT2D eigenvalue weighted by molar-refractivity contribution is -0.119. The lowest BCUT2D eigenvalue weighted by Crippen LogP contribution is -2.21. The molecule has 0 aromatic heterocycles. The highest BCUT2D eigenvalue weighted by atomic mass is 79.9. The van der Waals surface area contributed by atoms with E-state index < -0.39 is 18.5 Å². The van der Waals surface area contributed by atoms with Crippen LogP contribution in [0, 0.1) is 11.3 Å². The molecular formula is C16H10BrClN2O3. The van der Waals surface area contributed by atoms with Crippen LogP contribution in [0.15, 0.2) is 46.9 Å². The molecule has 2 aromatic rings. The van der Waals surface area contributed by atoms with E-state index in [2.05, 4.69) is 21.2 Å². The van der Waals surface area contributed by atoms with Crippen LogP contribution in [0.2, 0.25) is 5.02 Å². The fourth-order valence-corrected chi connectivity index (χ4v) is 2.39. The molecule has 0 bridgehead atoms. The van der Waals surface area contributed by atoms with E-state index in [0.717, 1.165) is 0 Å². The minimum absolute atomic E-state index is 0.232. The molecule has 0 aliphatic heterocycles. The first-order valence-corrected chi connectivity index (χ1v) is 7.59. The maximum absolute atomic E-state index is 11.9. The quantitative estimate of drug-likeness (QED) is 0.802. The Morgan fingerprint density at radius 1 is 1.26 bits per heavy atom. The van der Waals surface area contributed by atoms with Crippen LogP contribution in [0.5, 0.6) is 0 Å². The molecule has 0 aliphatic carbocycles. The second-order valence-electron chi connectivity index (χ2n) is 4.41. The number of carbonyl (C=O) groups is 2. The SMILES string of the molecule is N#Cc1ccc(NC(=O)COC(=O)c2ccccc2Br)cc1Cl. The second-order valence-corrected chi connectivity index (χ2v) is 5.67. The maximum Gasteiger partial charge on any atom is 0.339 e. The van der Waals surface area contributed by atoms with Gasteiger partial charge in [-0.3, -0.25) is 4.79 Å². The number of rotatable bonds is 4. The summed E-state index contributed by atoms with van der Waals surface area (Å²) in [5.41, 5.74) is 1.06. The molecule has 1 N–H and O–H groups in total. The molecule has 0 saturated carbocycles. The normalized spacial score (nSPS) is 9.78. The van der Waals surface area contributed by atoms with Gasteiger partial charge in [0.1, 0.15) is 6.07 Å². The molecule has 0 atom stereocenters. The van der Waals surface area contributed by atoms with E-state index >= 15 is 0 Å². The van der Waals surface area contributed by atoms with Crippen LogP contribution in [-0.2, 0) is 9.53 Å². The molecule has 23 heavy (non-hydrogen) atoms. The maximum atomic E-state index is 11.9. The Morgan fingerprint density at radius 2 is 2.00 bits per heavy atom. The van der Waals surface area contributed by atoms with E-state index in [1.54, 1.807) is 24.3 Å². The van der Waals surface area contributed by atoms with Crippen LogP contribution in [0.3, 0.4) is 0 Å². The summed E-state index contributed by atoms with van der Waals surface area (Å²) in [5, 5.41) is 11.5. The molecule has 0 radical (unpaired) electrons. The monoisotopic (exact) mass is 392 g/mol. The fourth-order valence-electron chi connectivity index (χ4n) is 1.72. The van der Waals surface area contributed by atoms with Crippen LogP contribution in [0.1, 0.15) is 15.9 Å². The van der Waals surface area contributed by atoms with Crippen LogP contribution in [0.25, 0.3) is 0 Å². The van der Waals surface area contributed by atoms with Gasteiger partial charge in [0.2, 0.25) is 0 Å². The average Bonchev–Trinajstić information content (AvgIpc) is 2.53. The summed E-state index contributed by atoms with van der Waals surface area (Å²) in [6, 6.07) is 13.2. The predicted octanol–water partition coefficient (Wildman–Crippen LogP) is 3.77. The number of nitrogens with one attached hydrogen (secondary N) is 1. The van der Waals surface area contributed by atoms with Crippen molar-refractivity contribution < 1.29 is 14.3 Å². The number of halogens is 2. The van der Waals surface area contributed by atoms with Crippen molar-refractivity contribution in [2.45, 2.75) is 0 Å². The number of nitriles is 1.